The van der Waals surface area contributed by atoms with Gasteiger partial charge in [-0.2, -0.15) is 0 Å². The summed E-state index contributed by atoms with van der Waals surface area (Å²) in [5, 5.41) is 2.76. The molecule has 8 heteroatoms. The molecule has 2 amide bonds. The largest absolute Gasteiger partial charge is 0.454 e. The van der Waals surface area contributed by atoms with E-state index in [1.807, 2.05) is 11.0 Å². The third-order valence-corrected chi connectivity index (χ3v) is 5.82. The molecule has 1 aromatic carbocycles. The minimum atomic E-state index is -0.924. The van der Waals surface area contributed by atoms with Crippen LogP contribution in [0.4, 0.5) is 0 Å². The zero-order valence-corrected chi connectivity index (χ0v) is 16.5. The molecule has 2 heterocycles. The van der Waals surface area contributed by atoms with Gasteiger partial charge in [0.1, 0.15) is 0 Å². The number of esters is 1. The molecule has 0 unspecified atom stereocenters. The normalized spacial score (nSPS) is 22.0. The summed E-state index contributed by atoms with van der Waals surface area (Å²) in [7, 11) is 0. The monoisotopic (exact) mass is 402 g/mol. The van der Waals surface area contributed by atoms with E-state index in [2.05, 4.69) is 5.32 Å². The van der Waals surface area contributed by atoms with Gasteiger partial charge in [0.25, 0.3) is 5.91 Å². The maximum Gasteiger partial charge on any atom is 0.312 e. The number of hydrogen-bond acceptors (Lipinski definition) is 6. The van der Waals surface area contributed by atoms with E-state index < -0.39 is 18.0 Å². The predicted octanol–water partition coefficient (Wildman–Crippen LogP) is 1.75. The topological polar surface area (TPSA) is 94.2 Å². The van der Waals surface area contributed by atoms with Crippen LogP contribution in [0.3, 0.4) is 0 Å². The van der Waals surface area contributed by atoms with Crippen molar-refractivity contribution in [3.05, 3.63) is 23.8 Å². The van der Waals surface area contributed by atoms with Crippen molar-refractivity contribution in [3.63, 3.8) is 0 Å². The lowest BCUT2D eigenvalue weighted by Crippen LogP contribution is -2.38. The quantitative estimate of drug-likeness (QED) is 0.729. The van der Waals surface area contributed by atoms with Crippen LogP contribution in [0.2, 0.25) is 0 Å². The summed E-state index contributed by atoms with van der Waals surface area (Å²) in [6.07, 6.45) is 3.51. The number of amides is 2. The van der Waals surface area contributed by atoms with Gasteiger partial charge in [0, 0.05) is 25.6 Å². The first kappa shape index (κ1) is 19.5. The van der Waals surface area contributed by atoms with E-state index in [-0.39, 0.29) is 37.6 Å². The van der Waals surface area contributed by atoms with E-state index in [9.17, 15) is 14.4 Å². The van der Waals surface area contributed by atoms with Crippen LogP contribution >= 0.6 is 0 Å². The minimum Gasteiger partial charge on any atom is -0.454 e. The first-order valence-corrected chi connectivity index (χ1v) is 10.2. The van der Waals surface area contributed by atoms with Gasteiger partial charge in [-0.3, -0.25) is 14.4 Å². The number of carbonyl (C=O) groups excluding carboxylic acids is 3. The summed E-state index contributed by atoms with van der Waals surface area (Å²) in [5.41, 5.74) is 0.856. The molecule has 0 spiro atoms. The van der Waals surface area contributed by atoms with Gasteiger partial charge in [-0.15, -0.1) is 0 Å². The van der Waals surface area contributed by atoms with Gasteiger partial charge in [0.2, 0.25) is 12.7 Å². The van der Waals surface area contributed by atoms with Gasteiger partial charge in [-0.1, -0.05) is 18.9 Å². The van der Waals surface area contributed by atoms with Crippen LogP contribution in [-0.4, -0.2) is 48.2 Å². The van der Waals surface area contributed by atoms with Gasteiger partial charge in [-0.25, -0.2) is 0 Å². The minimum absolute atomic E-state index is 0.0127. The standard InChI is InChI=1S/C21H26N2O6/c1-13(20(25)22-10-14-6-7-17-18(8-14)28-12-27-17)29-21(26)15-9-19(24)23(11-15)16-4-2-3-5-16/h6-8,13,15-16H,2-5,9-12H2,1H3,(H,22,25)/t13-,15-/m0/s1. The molecule has 2 fully saturated rings. The maximum atomic E-state index is 12.5. The Kier molecular flexibility index (Phi) is 5.60. The first-order valence-electron chi connectivity index (χ1n) is 10.2. The van der Waals surface area contributed by atoms with Crippen LogP contribution < -0.4 is 14.8 Å². The zero-order chi connectivity index (χ0) is 20.4. The lowest BCUT2D eigenvalue weighted by molar-refractivity contribution is -0.158. The molecule has 2 atom stereocenters. The highest BCUT2D eigenvalue weighted by Crippen LogP contribution is 2.32. The van der Waals surface area contributed by atoms with Gasteiger partial charge >= 0.3 is 5.97 Å². The number of likely N-dealkylation sites (tertiary alicyclic amines) is 1. The van der Waals surface area contributed by atoms with Crippen molar-refractivity contribution in [2.75, 3.05) is 13.3 Å². The lowest BCUT2D eigenvalue weighted by atomic mass is 10.1. The molecule has 1 saturated carbocycles. The summed E-state index contributed by atoms with van der Waals surface area (Å²) in [5.74, 6) is -0.0161. The Balaban J connectivity index is 1.25. The number of ether oxygens (including phenoxy) is 3. The fraction of sp³-hybridized carbons (Fsp3) is 0.571. The highest BCUT2D eigenvalue weighted by Gasteiger charge is 2.40. The SMILES string of the molecule is C[C@H](OC(=O)[C@H]1CC(=O)N(C2CCCC2)C1)C(=O)NCc1ccc2c(c1)OCO2. The van der Waals surface area contributed by atoms with Gasteiger partial charge in [0.15, 0.2) is 17.6 Å². The number of hydrogen-bond donors (Lipinski definition) is 1. The second-order valence-corrected chi connectivity index (χ2v) is 7.87. The van der Waals surface area contributed by atoms with Crippen molar-refractivity contribution in [2.24, 2.45) is 5.92 Å². The number of nitrogens with one attached hydrogen (secondary N) is 1. The first-order chi connectivity index (χ1) is 14.0. The zero-order valence-electron chi connectivity index (χ0n) is 16.5. The molecule has 1 N–H and O–H groups in total. The Morgan fingerprint density at radius 1 is 1.24 bits per heavy atom. The van der Waals surface area contributed by atoms with Crippen molar-refractivity contribution >= 4 is 17.8 Å². The molecular formula is C21H26N2O6. The molecule has 1 aromatic rings. The molecule has 0 bridgehead atoms. The average molecular weight is 402 g/mol. The second-order valence-electron chi connectivity index (χ2n) is 7.87. The molecular weight excluding hydrogens is 376 g/mol. The third kappa shape index (κ3) is 4.31. The molecule has 2 aliphatic heterocycles. The van der Waals surface area contributed by atoms with Crippen LogP contribution in [0.1, 0.15) is 44.6 Å². The van der Waals surface area contributed by atoms with Crippen LogP contribution in [0.5, 0.6) is 11.5 Å². The van der Waals surface area contributed by atoms with E-state index in [0.717, 1.165) is 31.2 Å². The van der Waals surface area contributed by atoms with Crippen LogP contribution in [0.25, 0.3) is 0 Å². The number of benzene rings is 1. The number of rotatable bonds is 6. The van der Waals surface area contributed by atoms with Gasteiger partial charge in [-0.05, 0) is 37.5 Å². The van der Waals surface area contributed by atoms with Crippen molar-refractivity contribution in [1.82, 2.24) is 10.2 Å². The molecule has 0 aromatic heterocycles. The molecule has 3 aliphatic rings. The molecule has 1 aliphatic carbocycles. The fourth-order valence-corrected chi connectivity index (χ4v) is 4.17. The summed E-state index contributed by atoms with van der Waals surface area (Å²) < 4.78 is 15.9. The maximum absolute atomic E-state index is 12.5. The van der Waals surface area contributed by atoms with E-state index >= 15 is 0 Å². The highest BCUT2D eigenvalue weighted by molar-refractivity contribution is 5.89. The summed E-state index contributed by atoms with van der Waals surface area (Å²) >= 11 is 0. The van der Waals surface area contributed by atoms with E-state index in [0.29, 0.717) is 18.0 Å². The number of nitrogens with zero attached hydrogens (tertiary/aromatic N) is 1. The summed E-state index contributed by atoms with van der Waals surface area (Å²) in [6.45, 7) is 2.42. The molecule has 4 rings (SSSR count). The van der Waals surface area contributed by atoms with Crippen LogP contribution in [0.15, 0.2) is 18.2 Å². The summed E-state index contributed by atoms with van der Waals surface area (Å²) in [6, 6.07) is 5.69. The molecule has 156 valence electrons. The second kappa shape index (κ2) is 8.31. The van der Waals surface area contributed by atoms with Gasteiger partial charge in [0.05, 0.1) is 5.92 Å². The highest BCUT2D eigenvalue weighted by atomic mass is 16.7. The van der Waals surface area contributed by atoms with Crippen molar-refractivity contribution in [1.29, 1.82) is 0 Å². The van der Waals surface area contributed by atoms with Crippen LogP contribution in [0, 0.1) is 5.92 Å². The lowest BCUT2D eigenvalue weighted by Gasteiger charge is -2.24. The molecule has 0 radical (unpaired) electrons. The van der Waals surface area contributed by atoms with E-state index in [1.165, 1.54) is 0 Å². The summed E-state index contributed by atoms with van der Waals surface area (Å²) in [4.78, 5) is 38.9. The van der Waals surface area contributed by atoms with Crippen LogP contribution in [-0.2, 0) is 25.7 Å². The van der Waals surface area contributed by atoms with Gasteiger partial charge < -0.3 is 24.4 Å². The smallest absolute Gasteiger partial charge is 0.312 e. The van der Waals surface area contributed by atoms with E-state index in [4.69, 9.17) is 14.2 Å². The Bertz CT molecular complexity index is 804. The van der Waals surface area contributed by atoms with Crippen molar-refractivity contribution in [2.45, 2.75) is 57.7 Å². The molecule has 1 saturated heterocycles. The fourth-order valence-electron chi connectivity index (χ4n) is 4.17. The van der Waals surface area contributed by atoms with E-state index in [1.54, 1.807) is 19.1 Å². The predicted molar refractivity (Wildman–Crippen MR) is 102 cm³/mol. The average Bonchev–Trinajstić information content (AvgIpc) is 3.45. The number of fused-ring (bicyclic) bond motifs is 1. The Morgan fingerprint density at radius 2 is 2.00 bits per heavy atom. The van der Waals surface area contributed by atoms with Crippen molar-refractivity contribution < 1.29 is 28.6 Å². The Hall–Kier alpha value is -2.77. The Morgan fingerprint density at radius 3 is 2.79 bits per heavy atom. The molecule has 8 nitrogen and oxygen atoms in total. The third-order valence-electron chi connectivity index (χ3n) is 5.82. The number of carbonyl (C=O) groups is 3. The Labute approximate surface area is 169 Å². The molecule has 29 heavy (non-hydrogen) atoms. The van der Waals surface area contributed by atoms with Crippen molar-refractivity contribution in [3.8, 4) is 11.5 Å².